The molecule has 3 rings (SSSR count). The molecule has 0 heterocycles. The molecule has 0 saturated heterocycles. The lowest BCUT2D eigenvalue weighted by Crippen LogP contribution is -2.06. The van der Waals surface area contributed by atoms with Crippen molar-refractivity contribution in [2.45, 2.75) is 6.61 Å². The Balaban J connectivity index is 1.89. The number of hydrogen-bond donors (Lipinski definition) is 0. The monoisotopic (exact) mass is 355 g/mol. The predicted octanol–water partition coefficient (Wildman–Crippen LogP) is 5.80. The van der Waals surface area contributed by atoms with Crippen LogP contribution in [0.3, 0.4) is 0 Å². The van der Waals surface area contributed by atoms with E-state index in [1.165, 1.54) is 0 Å². The first kappa shape index (κ1) is 18.0. The molecular weight excluding hydrogens is 338 g/mol. The van der Waals surface area contributed by atoms with Crippen LogP contribution in [0.2, 0.25) is 0 Å². The van der Waals surface area contributed by atoms with Crippen LogP contribution in [-0.2, 0) is 6.61 Å². The zero-order valence-electron chi connectivity index (χ0n) is 14.5. The molecule has 3 aromatic rings. The summed E-state index contributed by atoms with van der Waals surface area (Å²) in [4.78, 5) is 15.8. The number of azide groups is 1. The second-order valence-electron chi connectivity index (χ2n) is 5.73. The first-order chi connectivity index (χ1) is 13.3. The predicted molar refractivity (Wildman–Crippen MR) is 105 cm³/mol. The maximum atomic E-state index is 13.0. The number of ether oxygens (including phenoxy) is 1. The third-order valence-corrected chi connectivity index (χ3v) is 3.86. The maximum Gasteiger partial charge on any atom is 0.199 e. The molecule has 0 aliphatic heterocycles. The van der Waals surface area contributed by atoms with Crippen LogP contribution in [-0.4, -0.2) is 5.78 Å². The van der Waals surface area contributed by atoms with Crippen molar-refractivity contribution in [2.24, 2.45) is 5.11 Å². The molecule has 0 atom stereocenters. The van der Waals surface area contributed by atoms with Gasteiger partial charge in [-0.1, -0.05) is 77.9 Å². The van der Waals surface area contributed by atoms with E-state index >= 15 is 0 Å². The van der Waals surface area contributed by atoms with Crippen molar-refractivity contribution < 1.29 is 9.53 Å². The van der Waals surface area contributed by atoms with E-state index in [2.05, 4.69) is 10.0 Å². The second-order valence-corrected chi connectivity index (χ2v) is 5.73. The van der Waals surface area contributed by atoms with Gasteiger partial charge in [-0.05, 0) is 34.9 Å². The Morgan fingerprint density at radius 1 is 0.926 bits per heavy atom. The highest BCUT2D eigenvalue weighted by molar-refractivity contribution is 6.12. The molecule has 0 amide bonds. The number of para-hydroxylation sites is 1. The van der Waals surface area contributed by atoms with Crippen LogP contribution in [0.4, 0.5) is 0 Å². The normalized spacial score (nSPS) is 10.7. The third kappa shape index (κ3) is 4.84. The molecule has 0 radical (unpaired) electrons. The summed E-state index contributed by atoms with van der Waals surface area (Å²) < 4.78 is 5.84. The Morgan fingerprint density at radius 3 is 2.26 bits per heavy atom. The van der Waals surface area contributed by atoms with Crippen LogP contribution < -0.4 is 4.74 Å². The number of Topliss-reactive ketones (excluding diaryl/α,β-unsaturated/α-hetero) is 1. The first-order valence-corrected chi connectivity index (χ1v) is 8.40. The summed E-state index contributed by atoms with van der Waals surface area (Å²) in [7, 11) is 0. The van der Waals surface area contributed by atoms with E-state index < -0.39 is 0 Å². The van der Waals surface area contributed by atoms with Gasteiger partial charge < -0.3 is 4.74 Å². The van der Waals surface area contributed by atoms with Gasteiger partial charge >= 0.3 is 0 Å². The number of nitrogens with zero attached hydrogens (tertiary/aromatic N) is 3. The Kier molecular flexibility index (Phi) is 6.02. The average molecular weight is 355 g/mol. The summed E-state index contributed by atoms with van der Waals surface area (Å²) in [6.45, 7) is 0.338. The van der Waals surface area contributed by atoms with Crippen molar-refractivity contribution in [3.63, 3.8) is 0 Å². The number of benzene rings is 3. The van der Waals surface area contributed by atoms with E-state index in [-0.39, 0.29) is 11.5 Å². The molecule has 3 aromatic carbocycles. The van der Waals surface area contributed by atoms with Gasteiger partial charge in [-0.2, -0.15) is 0 Å². The standard InChI is InChI=1S/C22H17N3O2/c23-25-24-20(15-17-9-3-1-4-10-17)22(26)19-13-7-8-14-21(19)27-16-18-11-5-2-6-12-18/h1-15H,16H2/b20-15-. The summed E-state index contributed by atoms with van der Waals surface area (Å²) in [5.74, 6) is 0.0544. The lowest BCUT2D eigenvalue weighted by molar-refractivity contribution is 0.102. The number of hydrogen-bond acceptors (Lipinski definition) is 3. The SMILES string of the molecule is [N-]=[N+]=N/C(=C\c1ccccc1)C(=O)c1ccccc1OCc1ccccc1. The van der Waals surface area contributed by atoms with Crippen LogP contribution in [0.25, 0.3) is 16.5 Å². The van der Waals surface area contributed by atoms with E-state index in [0.717, 1.165) is 11.1 Å². The number of carbonyl (C=O) groups excluding carboxylic acids is 1. The fourth-order valence-corrected chi connectivity index (χ4v) is 2.55. The first-order valence-electron chi connectivity index (χ1n) is 8.40. The minimum Gasteiger partial charge on any atom is -0.488 e. The number of allylic oxidation sites excluding steroid dienone is 1. The van der Waals surface area contributed by atoms with Gasteiger partial charge in [0, 0.05) is 4.91 Å². The number of rotatable bonds is 7. The fourth-order valence-electron chi connectivity index (χ4n) is 2.55. The van der Waals surface area contributed by atoms with E-state index in [9.17, 15) is 4.79 Å². The van der Waals surface area contributed by atoms with Crippen LogP contribution in [0.15, 0.2) is 95.7 Å². The molecule has 0 aromatic heterocycles. The van der Waals surface area contributed by atoms with Crippen molar-refractivity contribution in [1.29, 1.82) is 0 Å². The van der Waals surface area contributed by atoms with Gasteiger partial charge in [0.15, 0.2) is 5.78 Å². The molecular formula is C22H17N3O2. The van der Waals surface area contributed by atoms with Gasteiger partial charge in [0.05, 0.1) is 11.3 Å². The lowest BCUT2D eigenvalue weighted by Gasteiger charge is -2.11. The highest BCUT2D eigenvalue weighted by Crippen LogP contribution is 2.24. The zero-order chi connectivity index (χ0) is 18.9. The second kappa shape index (κ2) is 9.04. The molecule has 0 bridgehead atoms. The van der Waals surface area contributed by atoms with Crippen LogP contribution in [0.1, 0.15) is 21.5 Å². The molecule has 0 N–H and O–H groups in total. The molecule has 132 valence electrons. The molecule has 27 heavy (non-hydrogen) atoms. The quantitative estimate of drug-likeness (QED) is 0.177. The molecule has 0 aliphatic carbocycles. The third-order valence-electron chi connectivity index (χ3n) is 3.86. The minimum absolute atomic E-state index is 0.0134. The Hall–Kier alpha value is -3.82. The molecule has 5 heteroatoms. The van der Waals surface area contributed by atoms with Crippen molar-refractivity contribution in [1.82, 2.24) is 0 Å². The van der Waals surface area contributed by atoms with Crippen LogP contribution in [0.5, 0.6) is 5.75 Å². The van der Waals surface area contributed by atoms with Gasteiger partial charge in [-0.3, -0.25) is 4.79 Å². The molecule has 0 fully saturated rings. The van der Waals surface area contributed by atoms with E-state index in [1.54, 1.807) is 30.3 Å². The number of carbonyl (C=O) groups is 1. The van der Waals surface area contributed by atoms with Crippen LogP contribution >= 0.6 is 0 Å². The van der Waals surface area contributed by atoms with Crippen molar-refractivity contribution in [2.75, 3.05) is 0 Å². The van der Waals surface area contributed by atoms with Crippen LogP contribution in [0, 0.1) is 0 Å². The summed E-state index contributed by atoms with van der Waals surface area (Å²) in [5, 5.41) is 3.59. The largest absolute Gasteiger partial charge is 0.488 e. The Bertz CT molecular complexity index is 992. The highest BCUT2D eigenvalue weighted by atomic mass is 16.5. The average Bonchev–Trinajstić information content (AvgIpc) is 2.73. The number of ketones is 1. The summed E-state index contributed by atoms with van der Waals surface area (Å²) in [6.07, 6.45) is 1.57. The van der Waals surface area contributed by atoms with Crippen molar-refractivity contribution >= 4 is 11.9 Å². The molecule has 0 aliphatic rings. The maximum absolute atomic E-state index is 13.0. The fraction of sp³-hybridized carbons (Fsp3) is 0.0455. The molecule has 0 saturated carbocycles. The van der Waals surface area contributed by atoms with Gasteiger partial charge in [0.1, 0.15) is 12.4 Å². The molecule has 5 nitrogen and oxygen atoms in total. The lowest BCUT2D eigenvalue weighted by atomic mass is 10.1. The Morgan fingerprint density at radius 2 is 1.56 bits per heavy atom. The van der Waals surface area contributed by atoms with E-state index in [1.807, 2.05) is 60.7 Å². The summed E-state index contributed by atoms with van der Waals surface area (Å²) >= 11 is 0. The Labute approximate surface area is 157 Å². The van der Waals surface area contributed by atoms with Gasteiger partial charge in [-0.15, -0.1) is 0 Å². The van der Waals surface area contributed by atoms with Crippen molar-refractivity contribution in [3.8, 4) is 5.75 Å². The van der Waals surface area contributed by atoms with Gasteiger partial charge in [0.25, 0.3) is 0 Å². The summed E-state index contributed by atoms with van der Waals surface area (Å²) in [5.41, 5.74) is 11.0. The highest BCUT2D eigenvalue weighted by Gasteiger charge is 2.16. The van der Waals surface area contributed by atoms with Gasteiger partial charge in [-0.25, -0.2) is 0 Å². The van der Waals surface area contributed by atoms with Gasteiger partial charge in [0.2, 0.25) is 0 Å². The van der Waals surface area contributed by atoms with E-state index in [0.29, 0.717) is 17.9 Å². The smallest absolute Gasteiger partial charge is 0.199 e. The van der Waals surface area contributed by atoms with Crippen molar-refractivity contribution in [3.05, 3.63) is 118 Å². The van der Waals surface area contributed by atoms with E-state index in [4.69, 9.17) is 10.3 Å². The molecule has 0 spiro atoms. The minimum atomic E-state index is -0.389. The molecule has 0 unspecified atom stereocenters. The topological polar surface area (TPSA) is 75.1 Å². The zero-order valence-corrected chi connectivity index (χ0v) is 14.5. The summed E-state index contributed by atoms with van der Waals surface area (Å²) in [6, 6.07) is 25.9.